The van der Waals surface area contributed by atoms with E-state index in [1.165, 1.54) is 11.8 Å². The quantitative estimate of drug-likeness (QED) is 0.564. The van der Waals surface area contributed by atoms with Crippen molar-refractivity contribution in [2.75, 3.05) is 17.7 Å². The van der Waals surface area contributed by atoms with Gasteiger partial charge in [0.2, 0.25) is 0 Å². The van der Waals surface area contributed by atoms with Gasteiger partial charge in [0.25, 0.3) is 5.91 Å². The molecule has 0 aromatic heterocycles. The number of nitrogens with zero attached hydrogens (tertiary/aromatic N) is 1. The SMILES string of the molecule is N#CCSc1ccccc1NC(=O)COc1ccccc1I. The van der Waals surface area contributed by atoms with Crippen molar-refractivity contribution in [2.45, 2.75) is 4.90 Å². The van der Waals surface area contributed by atoms with Crippen molar-refractivity contribution in [3.8, 4) is 11.8 Å². The number of rotatable bonds is 6. The van der Waals surface area contributed by atoms with Crippen molar-refractivity contribution in [3.63, 3.8) is 0 Å². The highest BCUT2D eigenvalue weighted by molar-refractivity contribution is 14.1. The second-order valence-electron chi connectivity index (χ2n) is 4.21. The lowest BCUT2D eigenvalue weighted by atomic mass is 10.3. The first-order valence-corrected chi connectivity index (χ1v) is 8.53. The lowest BCUT2D eigenvalue weighted by Crippen LogP contribution is -2.20. The van der Waals surface area contributed by atoms with Gasteiger partial charge in [-0.3, -0.25) is 4.79 Å². The van der Waals surface area contributed by atoms with Crippen LogP contribution in [0.5, 0.6) is 5.75 Å². The third-order valence-electron chi connectivity index (χ3n) is 2.65. The minimum Gasteiger partial charge on any atom is -0.483 e. The van der Waals surface area contributed by atoms with Gasteiger partial charge in [0.1, 0.15) is 5.75 Å². The van der Waals surface area contributed by atoms with Gasteiger partial charge in [0, 0.05) is 4.90 Å². The summed E-state index contributed by atoms with van der Waals surface area (Å²) in [5.41, 5.74) is 0.694. The van der Waals surface area contributed by atoms with Crippen LogP contribution >= 0.6 is 34.4 Å². The first kappa shape index (κ1) is 16.6. The molecule has 0 bridgehead atoms. The molecule has 6 heteroatoms. The first-order valence-electron chi connectivity index (χ1n) is 6.46. The van der Waals surface area contributed by atoms with Crippen LogP contribution in [0.2, 0.25) is 0 Å². The third-order valence-corrected chi connectivity index (χ3v) is 4.48. The van der Waals surface area contributed by atoms with Crippen molar-refractivity contribution < 1.29 is 9.53 Å². The Morgan fingerprint density at radius 1 is 1.23 bits per heavy atom. The molecule has 0 radical (unpaired) electrons. The molecule has 2 aromatic carbocycles. The van der Waals surface area contributed by atoms with E-state index in [0.717, 1.165) is 8.47 Å². The lowest BCUT2D eigenvalue weighted by Gasteiger charge is -2.11. The van der Waals surface area contributed by atoms with Gasteiger partial charge in [0.05, 0.1) is 21.1 Å². The van der Waals surface area contributed by atoms with E-state index in [2.05, 4.69) is 34.0 Å². The van der Waals surface area contributed by atoms with Crippen LogP contribution < -0.4 is 10.1 Å². The normalized spacial score (nSPS) is 9.82. The van der Waals surface area contributed by atoms with Crippen LogP contribution in [0.3, 0.4) is 0 Å². The second kappa shape index (κ2) is 8.66. The van der Waals surface area contributed by atoms with Gasteiger partial charge in [-0.25, -0.2) is 0 Å². The van der Waals surface area contributed by atoms with Gasteiger partial charge in [-0.15, -0.1) is 11.8 Å². The summed E-state index contributed by atoms with van der Waals surface area (Å²) >= 11 is 3.55. The Kier molecular flexibility index (Phi) is 6.55. The number of nitrogens with one attached hydrogen (secondary N) is 1. The van der Waals surface area contributed by atoms with Crippen LogP contribution in [0, 0.1) is 14.9 Å². The fraction of sp³-hybridized carbons (Fsp3) is 0.125. The standard InChI is InChI=1S/C16H13IN2O2S/c17-12-5-1-3-7-14(12)21-11-16(20)19-13-6-2-4-8-15(13)22-10-9-18/h1-8H,10-11H2,(H,19,20). The lowest BCUT2D eigenvalue weighted by molar-refractivity contribution is -0.118. The molecular weight excluding hydrogens is 411 g/mol. The predicted molar refractivity (Wildman–Crippen MR) is 96.1 cm³/mol. The highest BCUT2D eigenvalue weighted by Crippen LogP contribution is 2.26. The molecule has 2 aromatic rings. The van der Waals surface area contributed by atoms with Crippen LogP contribution in [0.25, 0.3) is 0 Å². The zero-order valence-corrected chi connectivity index (χ0v) is 14.6. The summed E-state index contributed by atoms with van der Waals surface area (Å²) < 4.78 is 6.47. The molecule has 4 nitrogen and oxygen atoms in total. The van der Waals surface area contributed by atoms with E-state index in [1.807, 2.05) is 48.5 Å². The molecular formula is C16H13IN2O2S. The molecule has 0 aliphatic rings. The van der Waals surface area contributed by atoms with Gasteiger partial charge >= 0.3 is 0 Å². The monoisotopic (exact) mass is 424 g/mol. The second-order valence-corrected chi connectivity index (χ2v) is 6.39. The van der Waals surface area contributed by atoms with Crippen molar-refractivity contribution in [1.82, 2.24) is 0 Å². The van der Waals surface area contributed by atoms with Crippen molar-refractivity contribution in [2.24, 2.45) is 0 Å². The van der Waals surface area contributed by atoms with Crippen LogP contribution in [0.15, 0.2) is 53.4 Å². The van der Waals surface area contributed by atoms with Gasteiger partial charge in [-0.05, 0) is 46.9 Å². The predicted octanol–water partition coefficient (Wildman–Crippen LogP) is 3.92. The number of carbonyl (C=O) groups excluding carboxylic acids is 1. The number of hydrogen-bond donors (Lipinski definition) is 1. The molecule has 2 rings (SSSR count). The zero-order valence-electron chi connectivity index (χ0n) is 11.6. The molecule has 0 aliphatic carbocycles. The van der Waals surface area contributed by atoms with E-state index in [1.54, 1.807) is 0 Å². The smallest absolute Gasteiger partial charge is 0.262 e. The molecule has 1 N–H and O–H groups in total. The number of benzene rings is 2. The molecule has 0 fully saturated rings. The first-order chi connectivity index (χ1) is 10.7. The van der Waals surface area contributed by atoms with E-state index in [-0.39, 0.29) is 12.5 Å². The number of anilines is 1. The van der Waals surface area contributed by atoms with Crippen LogP contribution in [0.1, 0.15) is 0 Å². The zero-order chi connectivity index (χ0) is 15.8. The molecule has 0 saturated heterocycles. The summed E-state index contributed by atoms with van der Waals surface area (Å²) in [7, 11) is 0. The molecule has 0 atom stereocenters. The van der Waals surface area contributed by atoms with Gasteiger partial charge in [-0.1, -0.05) is 24.3 Å². The minimum atomic E-state index is -0.232. The summed E-state index contributed by atoms with van der Waals surface area (Å²) in [5, 5.41) is 11.5. The maximum absolute atomic E-state index is 12.0. The Bertz CT molecular complexity index is 701. The molecule has 0 heterocycles. The summed E-state index contributed by atoms with van der Waals surface area (Å²) in [5.74, 6) is 0.793. The number of hydrogen-bond acceptors (Lipinski definition) is 4. The fourth-order valence-electron chi connectivity index (χ4n) is 1.70. The van der Waals surface area contributed by atoms with Crippen LogP contribution in [0.4, 0.5) is 5.69 Å². The number of amides is 1. The number of nitriles is 1. The van der Waals surface area contributed by atoms with E-state index >= 15 is 0 Å². The number of halogens is 1. The maximum Gasteiger partial charge on any atom is 0.262 e. The number of thioether (sulfide) groups is 1. The van der Waals surface area contributed by atoms with E-state index in [4.69, 9.17) is 10.00 Å². The fourth-order valence-corrected chi connectivity index (χ4v) is 2.91. The largest absolute Gasteiger partial charge is 0.483 e. The molecule has 0 saturated carbocycles. The van der Waals surface area contributed by atoms with Gasteiger partial charge in [-0.2, -0.15) is 5.26 Å². The molecule has 0 unspecified atom stereocenters. The van der Waals surface area contributed by atoms with Gasteiger partial charge < -0.3 is 10.1 Å². The molecule has 0 spiro atoms. The summed E-state index contributed by atoms with van der Waals surface area (Å²) in [6.45, 7) is -0.0583. The van der Waals surface area contributed by atoms with E-state index in [0.29, 0.717) is 17.2 Å². The van der Waals surface area contributed by atoms with Crippen molar-refractivity contribution in [3.05, 3.63) is 52.1 Å². The number of carbonyl (C=O) groups is 1. The topological polar surface area (TPSA) is 62.1 Å². The maximum atomic E-state index is 12.0. The van der Waals surface area contributed by atoms with Gasteiger partial charge in [0.15, 0.2) is 6.61 Å². The van der Waals surface area contributed by atoms with Crippen LogP contribution in [-0.4, -0.2) is 18.3 Å². The number of para-hydroxylation sites is 2. The summed E-state index contributed by atoms with van der Waals surface area (Å²) in [6.07, 6.45) is 0. The average molecular weight is 424 g/mol. The van der Waals surface area contributed by atoms with Crippen molar-refractivity contribution >= 4 is 45.9 Å². The highest BCUT2D eigenvalue weighted by Gasteiger charge is 2.08. The molecule has 112 valence electrons. The van der Waals surface area contributed by atoms with E-state index < -0.39 is 0 Å². The Labute approximate surface area is 147 Å². The Morgan fingerprint density at radius 2 is 1.95 bits per heavy atom. The number of ether oxygens (including phenoxy) is 1. The summed E-state index contributed by atoms with van der Waals surface area (Å²) in [4.78, 5) is 12.9. The molecule has 1 amide bonds. The minimum absolute atomic E-state index is 0.0583. The Morgan fingerprint density at radius 3 is 2.73 bits per heavy atom. The molecule has 0 aliphatic heterocycles. The third kappa shape index (κ3) is 4.93. The Balaban J connectivity index is 1.95. The average Bonchev–Trinajstić information content (AvgIpc) is 2.53. The summed E-state index contributed by atoms with van der Waals surface area (Å²) in [6, 6.07) is 17.0. The highest BCUT2D eigenvalue weighted by atomic mass is 127. The Hall–Kier alpha value is -1.72. The van der Waals surface area contributed by atoms with Crippen molar-refractivity contribution in [1.29, 1.82) is 5.26 Å². The van der Waals surface area contributed by atoms with E-state index in [9.17, 15) is 4.79 Å². The molecule has 22 heavy (non-hydrogen) atoms. The van der Waals surface area contributed by atoms with Crippen LogP contribution in [-0.2, 0) is 4.79 Å².